The van der Waals surface area contributed by atoms with Gasteiger partial charge in [-0.25, -0.2) is 0 Å². The van der Waals surface area contributed by atoms with Gasteiger partial charge in [0.05, 0.1) is 5.56 Å². The topological polar surface area (TPSA) is 42.0 Å². The predicted octanol–water partition coefficient (Wildman–Crippen LogP) is 2.64. The van der Waals surface area contributed by atoms with E-state index >= 15 is 0 Å². The molecular formula is C15H14N2O. The number of hydrogen-bond donors (Lipinski definition) is 1. The van der Waals surface area contributed by atoms with E-state index in [1.165, 1.54) is 0 Å². The normalized spacial score (nSPS) is 14.2. The Bertz CT molecular complexity index is 562. The lowest BCUT2D eigenvalue weighted by Gasteiger charge is -2.05. The Morgan fingerprint density at radius 3 is 2.61 bits per heavy atom. The van der Waals surface area contributed by atoms with E-state index in [1.54, 1.807) is 12.4 Å². The number of aromatic nitrogens is 1. The van der Waals surface area contributed by atoms with E-state index in [1.807, 2.05) is 36.4 Å². The van der Waals surface area contributed by atoms with Crippen LogP contribution in [-0.4, -0.2) is 16.9 Å². The van der Waals surface area contributed by atoms with Crippen molar-refractivity contribution in [3.05, 3.63) is 54.4 Å². The summed E-state index contributed by atoms with van der Waals surface area (Å²) in [6.45, 7) is 0. The van der Waals surface area contributed by atoms with Gasteiger partial charge in [-0.05, 0) is 24.5 Å². The van der Waals surface area contributed by atoms with Crippen molar-refractivity contribution in [2.75, 3.05) is 0 Å². The molecule has 0 aliphatic heterocycles. The summed E-state index contributed by atoms with van der Waals surface area (Å²) >= 11 is 0. The second-order valence-electron chi connectivity index (χ2n) is 4.58. The molecule has 3 nitrogen and oxygen atoms in total. The van der Waals surface area contributed by atoms with Gasteiger partial charge in [-0.3, -0.25) is 9.78 Å². The molecule has 0 bridgehead atoms. The van der Waals surface area contributed by atoms with Gasteiger partial charge in [0.25, 0.3) is 5.91 Å². The third-order valence-electron chi connectivity index (χ3n) is 3.02. The van der Waals surface area contributed by atoms with Crippen molar-refractivity contribution in [1.82, 2.24) is 10.3 Å². The molecule has 1 N–H and O–H groups in total. The molecule has 0 unspecified atom stereocenters. The lowest BCUT2D eigenvalue weighted by molar-refractivity contribution is 0.0951. The first-order valence-corrected chi connectivity index (χ1v) is 6.14. The number of pyridine rings is 1. The smallest absolute Gasteiger partial charge is 0.253 e. The minimum atomic E-state index is -0.0252. The van der Waals surface area contributed by atoms with Crippen LogP contribution in [0.4, 0.5) is 0 Å². The van der Waals surface area contributed by atoms with Gasteiger partial charge in [0.1, 0.15) is 0 Å². The quantitative estimate of drug-likeness (QED) is 0.893. The number of carbonyl (C=O) groups excluding carboxylic acids is 1. The van der Waals surface area contributed by atoms with Gasteiger partial charge in [-0.1, -0.05) is 30.3 Å². The number of hydrogen-bond acceptors (Lipinski definition) is 2. The van der Waals surface area contributed by atoms with Crippen LogP contribution < -0.4 is 5.32 Å². The van der Waals surface area contributed by atoms with Crippen LogP contribution in [0, 0.1) is 0 Å². The molecule has 1 aliphatic rings. The van der Waals surface area contributed by atoms with Gasteiger partial charge >= 0.3 is 0 Å². The highest BCUT2D eigenvalue weighted by molar-refractivity contribution is 5.95. The van der Waals surface area contributed by atoms with Crippen molar-refractivity contribution in [1.29, 1.82) is 0 Å². The Hall–Kier alpha value is -2.16. The number of nitrogens with zero attached hydrogens (tertiary/aromatic N) is 1. The second kappa shape index (κ2) is 4.61. The summed E-state index contributed by atoms with van der Waals surface area (Å²) in [5, 5.41) is 2.97. The Balaban J connectivity index is 1.86. The molecule has 0 atom stereocenters. The summed E-state index contributed by atoms with van der Waals surface area (Å²) in [5.41, 5.74) is 2.67. The van der Waals surface area contributed by atoms with Crippen molar-refractivity contribution in [3.63, 3.8) is 0 Å². The van der Waals surface area contributed by atoms with Crippen LogP contribution in [0.3, 0.4) is 0 Å². The summed E-state index contributed by atoms with van der Waals surface area (Å²) in [4.78, 5) is 16.1. The largest absolute Gasteiger partial charge is 0.349 e. The summed E-state index contributed by atoms with van der Waals surface area (Å²) in [6.07, 6.45) is 5.59. The standard InChI is InChI=1S/C15H14N2O/c18-15(17-14-6-7-14)13-8-12(9-16-10-13)11-4-2-1-3-5-11/h1-5,8-10,14H,6-7H2,(H,17,18). The zero-order valence-corrected chi connectivity index (χ0v) is 9.97. The molecule has 90 valence electrons. The fourth-order valence-electron chi connectivity index (χ4n) is 1.85. The highest BCUT2D eigenvalue weighted by Gasteiger charge is 2.23. The van der Waals surface area contributed by atoms with E-state index in [0.29, 0.717) is 11.6 Å². The molecule has 1 amide bonds. The molecule has 1 aromatic carbocycles. The Kier molecular flexibility index (Phi) is 2.81. The van der Waals surface area contributed by atoms with Crippen LogP contribution in [-0.2, 0) is 0 Å². The lowest BCUT2D eigenvalue weighted by atomic mass is 10.1. The number of benzene rings is 1. The van der Waals surface area contributed by atoms with Crippen molar-refractivity contribution >= 4 is 5.91 Å². The monoisotopic (exact) mass is 238 g/mol. The summed E-state index contributed by atoms with van der Waals surface area (Å²) in [7, 11) is 0. The van der Waals surface area contributed by atoms with E-state index in [0.717, 1.165) is 24.0 Å². The molecule has 0 saturated heterocycles. The first-order valence-electron chi connectivity index (χ1n) is 6.14. The van der Waals surface area contributed by atoms with E-state index < -0.39 is 0 Å². The molecule has 0 spiro atoms. The maximum absolute atomic E-state index is 11.9. The van der Waals surface area contributed by atoms with Crippen LogP contribution >= 0.6 is 0 Å². The Morgan fingerprint density at radius 2 is 1.89 bits per heavy atom. The van der Waals surface area contributed by atoms with Crippen LogP contribution in [0.15, 0.2) is 48.8 Å². The SMILES string of the molecule is O=C(NC1CC1)c1cncc(-c2ccccc2)c1. The predicted molar refractivity (Wildman–Crippen MR) is 70.2 cm³/mol. The van der Waals surface area contributed by atoms with Crippen LogP contribution in [0.1, 0.15) is 23.2 Å². The highest BCUT2D eigenvalue weighted by atomic mass is 16.1. The molecule has 18 heavy (non-hydrogen) atoms. The second-order valence-corrected chi connectivity index (χ2v) is 4.58. The number of nitrogens with one attached hydrogen (secondary N) is 1. The summed E-state index contributed by atoms with van der Waals surface area (Å²) in [6, 6.07) is 12.2. The van der Waals surface area contributed by atoms with Crippen molar-refractivity contribution in [2.45, 2.75) is 18.9 Å². The number of amides is 1. The molecule has 1 fully saturated rings. The fraction of sp³-hybridized carbons (Fsp3) is 0.200. The molecular weight excluding hydrogens is 224 g/mol. The first kappa shape index (κ1) is 11.0. The number of carbonyl (C=O) groups is 1. The van der Waals surface area contributed by atoms with Gasteiger partial charge in [0.15, 0.2) is 0 Å². The average Bonchev–Trinajstić information content (AvgIpc) is 3.24. The molecule has 1 saturated carbocycles. The number of rotatable bonds is 3. The molecule has 1 aliphatic carbocycles. The van der Waals surface area contributed by atoms with Crippen molar-refractivity contribution in [3.8, 4) is 11.1 Å². The van der Waals surface area contributed by atoms with E-state index in [4.69, 9.17) is 0 Å². The van der Waals surface area contributed by atoms with Crippen LogP contribution in [0.5, 0.6) is 0 Å². The van der Waals surface area contributed by atoms with Gasteiger partial charge in [0, 0.05) is 24.0 Å². The molecule has 0 radical (unpaired) electrons. The van der Waals surface area contributed by atoms with Gasteiger partial charge in [0.2, 0.25) is 0 Å². The first-order chi connectivity index (χ1) is 8.83. The minimum absolute atomic E-state index is 0.0252. The van der Waals surface area contributed by atoms with Crippen LogP contribution in [0.2, 0.25) is 0 Å². The van der Waals surface area contributed by atoms with Gasteiger partial charge < -0.3 is 5.32 Å². The van der Waals surface area contributed by atoms with Crippen molar-refractivity contribution < 1.29 is 4.79 Å². The summed E-state index contributed by atoms with van der Waals surface area (Å²) < 4.78 is 0. The van der Waals surface area contributed by atoms with Crippen molar-refractivity contribution in [2.24, 2.45) is 0 Å². The molecule has 3 heteroatoms. The molecule has 1 heterocycles. The zero-order valence-electron chi connectivity index (χ0n) is 9.97. The molecule has 2 aromatic rings. The van der Waals surface area contributed by atoms with Gasteiger partial charge in [-0.15, -0.1) is 0 Å². The Morgan fingerprint density at radius 1 is 1.11 bits per heavy atom. The highest BCUT2D eigenvalue weighted by Crippen LogP contribution is 2.21. The summed E-state index contributed by atoms with van der Waals surface area (Å²) in [5.74, 6) is -0.0252. The molecule has 1 aromatic heterocycles. The average molecular weight is 238 g/mol. The van der Waals surface area contributed by atoms with Crippen LogP contribution in [0.25, 0.3) is 11.1 Å². The minimum Gasteiger partial charge on any atom is -0.349 e. The third-order valence-corrected chi connectivity index (χ3v) is 3.02. The third kappa shape index (κ3) is 2.40. The van der Waals surface area contributed by atoms with E-state index in [9.17, 15) is 4.79 Å². The fourth-order valence-corrected chi connectivity index (χ4v) is 1.85. The maximum atomic E-state index is 11.9. The Labute approximate surface area is 106 Å². The zero-order chi connectivity index (χ0) is 12.4. The van der Waals surface area contributed by atoms with E-state index in [-0.39, 0.29) is 5.91 Å². The lowest BCUT2D eigenvalue weighted by Crippen LogP contribution is -2.25. The maximum Gasteiger partial charge on any atom is 0.253 e. The van der Waals surface area contributed by atoms with Gasteiger partial charge in [-0.2, -0.15) is 0 Å². The molecule has 3 rings (SSSR count). The van der Waals surface area contributed by atoms with E-state index in [2.05, 4.69) is 10.3 Å².